The van der Waals surface area contributed by atoms with E-state index in [0.29, 0.717) is 6.04 Å². The van der Waals surface area contributed by atoms with Crippen molar-refractivity contribution in [3.63, 3.8) is 0 Å². The van der Waals surface area contributed by atoms with Gasteiger partial charge in [0, 0.05) is 15.9 Å². The molecule has 0 fully saturated rings. The van der Waals surface area contributed by atoms with Crippen LogP contribution < -0.4 is 5.32 Å². The van der Waals surface area contributed by atoms with Crippen LogP contribution in [0.1, 0.15) is 52.3 Å². The van der Waals surface area contributed by atoms with Crippen molar-refractivity contribution in [1.82, 2.24) is 5.32 Å². The second-order valence-electron chi connectivity index (χ2n) is 6.09. The Morgan fingerprint density at radius 3 is 2.55 bits per heavy atom. The monoisotopic (exact) mass is 337 g/mol. The summed E-state index contributed by atoms with van der Waals surface area (Å²) >= 11 is 3.50. The summed E-state index contributed by atoms with van der Waals surface area (Å²) in [5.74, 6) is 1.77. The van der Waals surface area contributed by atoms with E-state index < -0.39 is 0 Å². The van der Waals surface area contributed by atoms with E-state index in [0.717, 1.165) is 27.1 Å². The minimum Gasteiger partial charge on any atom is -0.459 e. The van der Waals surface area contributed by atoms with Crippen molar-refractivity contribution in [2.75, 3.05) is 0 Å². The summed E-state index contributed by atoms with van der Waals surface area (Å²) in [5.41, 5.74) is 0.951. The van der Waals surface area contributed by atoms with Gasteiger partial charge >= 0.3 is 0 Å². The Morgan fingerprint density at radius 1 is 1.10 bits per heavy atom. The van der Waals surface area contributed by atoms with Gasteiger partial charge in [-0.25, -0.2) is 0 Å². The molecule has 0 aliphatic heterocycles. The molecule has 2 aromatic rings. The van der Waals surface area contributed by atoms with Crippen molar-refractivity contribution < 1.29 is 4.42 Å². The van der Waals surface area contributed by atoms with Gasteiger partial charge in [0.05, 0.1) is 6.04 Å². The van der Waals surface area contributed by atoms with Crippen molar-refractivity contribution >= 4 is 26.9 Å². The number of benzene rings is 1. The highest BCUT2D eigenvalue weighted by Gasteiger charge is 2.14. The Morgan fingerprint density at radius 2 is 1.85 bits per heavy atom. The molecule has 0 bridgehead atoms. The zero-order valence-corrected chi connectivity index (χ0v) is 14.3. The lowest BCUT2D eigenvalue weighted by Crippen LogP contribution is -2.28. The van der Waals surface area contributed by atoms with E-state index >= 15 is 0 Å². The van der Waals surface area contributed by atoms with Crippen LogP contribution in [0.15, 0.2) is 33.2 Å². The van der Waals surface area contributed by atoms with Crippen molar-refractivity contribution in [2.24, 2.45) is 5.92 Å². The standard InChI is InChI=1S/C17H24BrNO/c1-11(2)5-6-12(3)19-13(4)17-10-14-9-15(18)7-8-16(14)20-17/h7-13,19H,5-6H2,1-4H3. The van der Waals surface area contributed by atoms with E-state index in [2.05, 4.69) is 61.1 Å². The molecule has 0 aliphatic carbocycles. The number of hydrogen-bond donors (Lipinski definition) is 1. The fourth-order valence-electron chi connectivity index (χ4n) is 2.42. The largest absolute Gasteiger partial charge is 0.459 e. The minimum absolute atomic E-state index is 0.239. The van der Waals surface area contributed by atoms with Crippen LogP contribution in [0.3, 0.4) is 0 Å². The van der Waals surface area contributed by atoms with Gasteiger partial charge in [-0.2, -0.15) is 0 Å². The van der Waals surface area contributed by atoms with Crippen LogP contribution in [0, 0.1) is 5.92 Å². The number of hydrogen-bond acceptors (Lipinski definition) is 2. The topological polar surface area (TPSA) is 25.2 Å². The highest BCUT2D eigenvalue weighted by Crippen LogP contribution is 2.27. The molecule has 0 radical (unpaired) electrons. The number of furan rings is 1. The first-order valence-electron chi connectivity index (χ1n) is 7.40. The number of halogens is 1. The van der Waals surface area contributed by atoms with Crippen LogP contribution in [0.4, 0.5) is 0 Å². The summed E-state index contributed by atoms with van der Waals surface area (Å²) in [6.45, 7) is 8.96. The van der Waals surface area contributed by atoms with Crippen LogP contribution in [0.5, 0.6) is 0 Å². The molecule has 1 heterocycles. The third-order valence-electron chi connectivity index (χ3n) is 3.64. The number of nitrogens with one attached hydrogen (secondary N) is 1. The van der Waals surface area contributed by atoms with E-state index in [4.69, 9.17) is 4.42 Å². The van der Waals surface area contributed by atoms with E-state index in [9.17, 15) is 0 Å². The predicted octanol–water partition coefficient (Wildman–Crippen LogP) is 5.67. The molecule has 0 aliphatic rings. The Hall–Kier alpha value is -0.800. The average molecular weight is 338 g/mol. The molecule has 0 amide bonds. The first-order chi connectivity index (χ1) is 9.45. The van der Waals surface area contributed by atoms with E-state index in [1.54, 1.807) is 0 Å². The smallest absolute Gasteiger partial charge is 0.134 e. The summed E-state index contributed by atoms with van der Waals surface area (Å²) in [6, 6.07) is 9.00. The van der Waals surface area contributed by atoms with Gasteiger partial charge in [-0.3, -0.25) is 0 Å². The molecule has 2 rings (SSSR count). The van der Waals surface area contributed by atoms with Gasteiger partial charge in [-0.15, -0.1) is 0 Å². The molecule has 2 atom stereocenters. The van der Waals surface area contributed by atoms with E-state index in [1.807, 2.05) is 12.1 Å². The normalized spacial score (nSPS) is 14.9. The summed E-state index contributed by atoms with van der Waals surface area (Å²) in [5, 5.41) is 4.77. The van der Waals surface area contributed by atoms with Crippen molar-refractivity contribution in [3.8, 4) is 0 Å². The second kappa shape index (κ2) is 6.77. The third-order valence-corrected chi connectivity index (χ3v) is 4.13. The van der Waals surface area contributed by atoms with Gasteiger partial charge in [0.2, 0.25) is 0 Å². The van der Waals surface area contributed by atoms with Crippen LogP contribution in [-0.2, 0) is 0 Å². The molecular formula is C17H24BrNO. The van der Waals surface area contributed by atoms with Crippen molar-refractivity contribution in [1.29, 1.82) is 0 Å². The molecule has 0 spiro atoms. The fourth-order valence-corrected chi connectivity index (χ4v) is 2.80. The molecular weight excluding hydrogens is 314 g/mol. The van der Waals surface area contributed by atoms with Crippen LogP contribution in [0.2, 0.25) is 0 Å². The van der Waals surface area contributed by atoms with Crippen LogP contribution >= 0.6 is 15.9 Å². The summed E-state index contributed by atoms with van der Waals surface area (Å²) in [4.78, 5) is 0. The lowest BCUT2D eigenvalue weighted by atomic mass is 10.0. The van der Waals surface area contributed by atoms with Gasteiger partial charge in [0.25, 0.3) is 0 Å². The predicted molar refractivity (Wildman–Crippen MR) is 89.0 cm³/mol. The van der Waals surface area contributed by atoms with Crippen LogP contribution in [-0.4, -0.2) is 6.04 Å². The van der Waals surface area contributed by atoms with Gasteiger partial charge in [-0.05, 0) is 56.9 Å². The number of fused-ring (bicyclic) bond motifs is 1. The van der Waals surface area contributed by atoms with E-state index in [-0.39, 0.29) is 6.04 Å². The number of rotatable bonds is 6. The fraction of sp³-hybridized carbons (Fsp3) is 0.529. The highest BCUT2D eigenvalue weighted by atomic mass is 79.9. The second-order valence-corrected chi connectivity index (χ2v) is 7.01. The van der Waals surface area contributed by atoms with Gasteiger partial charge in [0.15, 0.2) is 0 Å². The van der Waals surface area contributed by atoms with Crippen molar-refractivity contribution in [3.05, 3.63) is 34.5 Å². The highest BCUT2D eigenvalue weighted by molar-refractivity contribution is 9.10. The Labute approximate surface area is 130 Å². The summed E-state index contributed by atoms with van der Waals surface area (Å²) in [6.07, 6.45) is 2.46. The Bertz CT molecular complexity index is 561. The molecule has 110 valence electrons. The lowest BCUT2D eigenvalue weighted by Gasteiger charge is -2.19. The minimum atomic E-state index is 0.239. The molecule has 1 N–H and O–H groups in total. The molecule has 2 nitrogen and oxygen atoms in total. The molecule has 0 saturated heterocycles. The maximum absolute atomic E-state index is 5.93. The van der Waals surface area contributed by atoms with Gasteiger partial charge in [0.1, 0.15) is 11.3 Å². The molecule has 1 aromatic heterocycles. The summed E-state index contributed by atoms with van der Waals surface area (Å²) < 4.78 is 7.01. The summed E-state index contributed by atoms with van der Waals surface area (Å²) in [7, 11) is 0. The van der Waals surface area contributed by atoms with Gasteiger partial charge in [-0.1, -0.05) is 29.8 Å². The van der Waals surface area contributed by atoms with Gasteiger partial charge < -0.3 is 9.73 Å². The Kier molecular flexibility index (Phi) is 5.28. The van der Waals surface area contributed by atoms with Crippen LogP contribution in [0.25, 0.3) is 11.0 Å². The third kappa shape index (κ3) is 4.10. The molecule has 0 saturated carbocycles. The average Bonchev–Trinajstić information content (AvgIpc) is 2.79. The van der Waals surface area contributed by atoms with Crippen molar-refractivity contribution in [2.45, 2.75) is 52.6 Å². The molecule has 1 aromatic carbocycles. The SMILES string of the molecule is CC(C)CCC(C)NC(C)c1cc2cc(Br)ccc2o1. The molecule has 2 unspecified atom stereocenters. The molecule has 3 heteroatoms. The maximum atomic E-state index is 5.93. The Balaban J connectivity index is 2.01. The van der Waals surface area contributed by atoms with E-state index in [1.165, 1.54) is 12.8 Å². The quantitative estimate of drug-likeness (QED) is 0.734. The lowest BCUT2D eigenvalue weighted by molar-refractivity contribution is 0.381. The molecule has 20 heavy (non-hydrogen) atoms. The zero-order chi connectivity index (χ0) is 14.7. The zero-order valence-electron chi connectivity index (χ0n) is 12.7. The first kappa shape index (κ1) is 15.6. The first-order valence-corrected chi connectivity index (χ1v) is 8.20. The maximum Gasteiger partial charge on any atom is 0.134 e.